The number of thiazole rings is 1. The van der Waals surface area contributed by atoms with E-state index in [0.29, 0.717) is 13.2 Å². The van der Waals surface area contributed by atoms with Crippen molar-refractivity contribution in [3.8, 4) is 5.75 Å². The fourth-order valence-electron chi connectivity index (χ4n) is 3.41. The molecule has 0 spiro atoms. The van der Waals surface area contributed by atoms with Crippen molar-refractivity contribution in [3.05, 3.63) is 75.7 Å². The van der Waals surface area contributed by atoms with Crippen LogP contribution in [0.2, 0.25) is 0 Å². The highest BCUT2D eigenvalue weighted by Crippen LogP contribution is 2.33. The van der Waals surface area contributed by atoms with E-state index in [0.717, 1.165) is 39.7 Å². The second kappa shape index (κ2) is 8.02. The van der Waals surface area contributed by atoms with E-state index in [1.54, 1.807) is 11.3 Å². The molecule has 2 aromatic carbocycles. The largest absolute Gasteiger partial charge is 0.487 e. The molecule has 1 aliphatic rings. The number of rotatable bonds is 6. The van der Waals surface area contributed by atoms with Crippen LogP contribution in [-0.4, -0.2) is 22.3 Å². The molecule has 144 valence electrons. The molecule has 1 aromatic heterocycles. The molecule has 28 heavy (non-hydrogen) atoms. The summed E-state index contributed by atoms with van der Waals surface area (Å²) in [6.45, 7) is 5.23. The maximum absolute atomic E-state index is 13.0. The fraction of sp³-hybridized carbons (Fsp3) is 0.273. The number of fused-ring (bicyclic) bond motifs is 1. The van der Waals surface area contributed by atoms with Crippen molar-refractivity contribution < 1.29 is 9.53 Å². The summed E-state index contributed by atoms with van der Waals surface area (Å²) in [5.74, 6) is 0.861. The number of nitrogens with one attached hydrogen (secondary N) is 1. The minimum absolute atomic E-state index is 0.0698. The van der Waals surface area contributed by atoms with Gasteiger partial charge < -0.3 is 15.0 Å². The third-order valence-electron chi connectivity index (χ3n) is 4.74. The number of carbonyl (C=O) groups is 1. The lowest BCUT2D eigenvalue weighted by Gasteiger charge is -2.38. The highest BCUT2D eigenvalue weighted by atomic mass is 32.1. The van der Waals surface area contributed by atoms with Crippen LogP contribution >= 0.6 is 11.3 Å². The molecule has 2 heterocycles. The summed E-state index contributed by atoms with van der Waals surface area (Å²) in [5.41, 5.74) is 3.58. The van der Waals surface area contributed by atoms with Crippen molar-refractivity contribution in [3.63, 3.8) is 0 Å². The first-order chi connectivity index (χ1) is 13.7. The third kappa shape index (κ3) is 3.73. The van der Waals surface area contributed by atoms with Gasteiger partial charge in [-0.15, -0.1) is 11.3 Å². The first kappa shape index (κ1) is 18.5. The first-order valence-electron chi connectivity index (χ1n) is 9.46. The lowest BCUT2D eigenvalue weighted by molar-refractivity contribution is 0.0683. The molecule has 1 atom stereocenters. The maximum Gasteiger partial charge on any atom is 0.257 e. The van der Waals surface area contributed by atoms with Crippen molar-refractivity contribution in [2.75, 3.05) is 11.9 Å². The minimum Gasteiger partial charge on any atom is -0.487 e. The van der Waals surface area contributed by atoms with Crippen molar-refractivity contribution >= 4 is 22.9 Å². The monoisotopic (exact) mass is 393 g/mol. The Morgan fingerprint density at radius 2 is 1.96 bits per heavy atom. The van der Waals surface area contributed by atoms with Gasteiger partial charge in [0.05, 0.1) is 16.3 Å². The van der Waals surface area contributed by atoms with E-state index in [-0.39, 0.29) is 12.1 Å². The second-order valence-electron chi connectivity index (χ2n) is 6.81. The van der Waals surface area contributed by atoms with Gasteiger partial charge in [-0.3, -0.25) is 4.79 Å². The number of hydrogen-bond donors (Lipinski definition) is 1. The molecule has 1 amide bonds. The number of aryl methyl sites for hydroxylation is 1. The van der Waals surface area contributed by atoms with E-state index in [1.807, 2.05) is 65.7 Å². The molecule has 0 saturated heterocycles. The molecule has 1 aliphatic heterocycles. The first-order valence-corrected chi connectivity index (χ1v) is 10.3. The molecular formula is C22H23N3O2S. The predicted molar refractivity (Wildman–Crippen MR) is 112 cm³/mol. The highest BCUT2D eigenvalue weighted by molar-refractivity contribution is 7.09. The molecule has 0 bridgehead atoms. The highest BCUT2D eigenvalue weighted by Gasteiger charge is 2.32. The van der Waals surface area contributed by atoms with Crippen LogP contribution in [0.4, 0.5) is 5.69 Å². The maximum atomic E-state index is 13.0. The van der Waals surface area contributed by atoms with Gasteiger partial charge in [0.2, 0.25) is 0 Å². The van der Waals surface area contributed by atoms with Crippen molar-refractivity contribution in [2.24, 2.45) is 0 Å². The average molecular weight is 394 g/mol. The number of ether oxygens (including phenoxy) is 1. The third-order valence-corrected chi connectivity index (χ3v) is 5.56. The van der Waals surface area contributed by atoms with Gasteiger partial charge in [-0.25, -0.2) is 4.98 Å². The molecular weight excluding hydrogens is 370 g/mol. The van der Waals surface area contributed by atoms with Crippen LogP contribution < -0.4 is 10.1 Å². The van der Waals surface area contributed by atoms with Crippen LogP contribution in [-0.2, 0) is 6.61 Å². The number of anilines is 1. The van der Waals surface area contributed by atoms with Gasteiger partial charge in [-0.2, -0.15) is 0 Å². The second-order valence-corrected chi connectivity index (χ2v) is 7.87. The van der Waals surface area contributed by atoms with Gasteiger partial charge in [-0.05, 0) is 43.2 Å². The summed E-state index contributed by atoms with van der Waals surface area (Å²) in [6.07, 6.45) is 0.720. The van der Waals surface area contributed by atoms with E-state index >= 15 is 0 Å². The Kier molecular flexibility index (Phi) is 5.30. The smallest absolute Gasteiger partial charge is 0.257 e. The number of benzene rings is 2. The Bertz CT molecular complexity index is 968. The van der Waals surface area contributed by atoms with Gasteiger partial charge in [0, 0.05) is 17.6 Å². The molecule has 3 aromatic rings. The normalized spacial score (nSPS) is 15.9. The van der Waals surface area contributed by atoms with Crippen molar-refractivity contribution in [1.82, 2.24) is 9.88 Å². The minimum atomic E-state index is -0.183. The van der Waals surface area contributed by atoms with Crippen LogP contribution in [0.25, 0.3) is 0 Å². The summed E-state index contributed by atoms with van der Waals surface area (Å²) >= 11 is 1.62. The zero-order valence-electron chi connectivity index (χ0n) is 16.0. The van der Waals surface area contributed by atoms with E-state index in [9.17, 15) is 4.79 Å². The number of aromatic nitrogens is 1. The topological polar surface area (TPSA) is 54.5 Å². The molecule has 0 radical (unpaired) electrons. The van der Waals surface area contributed by atoms with Crippen LogP contribution in [0.1, 0.15) is 46.1 Å². The van der Waals surface area contributed by atoms with Crippen LogP contribution in [0, 0.1) is 6.92 Å². The number of nitrogens with zero attached hydrogens (tertiary/aromatic N) is 2. The molecule has 0 saturated carbocycles. The number of para-hydroxylation sites is 1. The summed E-state index contributed by atoms with van der Waals surface area (Å²) in [4.78, 5) is 19.3. The standard InChI is InChI=1S/C22H23N3O2S/c1-3-12-25-21(24-20-7-5-4-6-19(20)22(25)26)16-8-10-18(11-9-16)27-13-17-14-28-15(2)23-17/h4-11,14,21,24H,3,12-13H2,1-2H3. The Morgan fingerprint density at radius 1 is 1.18 bits per heavy atom. The van der Waals surface area contributed by atoms with E-state index in [2.05, 4.69) is 17.2 Å². The molecule has 4 rings (SSSR count). The van der Waals surface area contributed by atoms with Crippen LogP contribution in [0.15, 0.2) is 53.9 Å². The molecule has 0 aliphatic carbocycles. The quantitative estimate of drug-likeness (QED) is 0.640. The number of hydrogen-bond acceptors (Lipinski definition) is 5. The Morgan fingerprint density at radius 3 is 2.68 bits per heavy atom. The van der Waals surface area contributed by atoms with E-state index in [4.69, 9.17) is 4.74 Å². The predicted octanol–water partition coefficient (Wildman–Crippen LogP) is 5.01. The Hall–Kier alpha value is -2.86. The molecule has 1 N–H and O–H groups in total. The van der Waals surface area contributed by atoms with Gasteiger partial charge in [-0.1, -0.05) is 31.2 Å². The lowest BCUT2D eigenvalue weighted by atomic mass is 10.0. The number of carbonyl (C=O) groups excluding carboxylic acids is 1. The zero-order valence-corrected chi connectivity index (χ0v) is 16.8. The van der Waals surface area contributed by atoms with Gasteiger partial charge >= 0.3 is 0 Å². The Balaban J connectivity index is 1.52. The molecule has 0 fully saturated rings. The van der Waals surface area contributed by atoms with Gasteiger partial charge in [0.25, 0.3) is 5.91 Å². The molecule has 6 heteroatoms. The summed E-state index contributed by atoms with van der Waals surface area (Å²) in [7, 11) is 0. The van der Waals surface area contributed by atoms with Crippen LogP contribution in [0.5, 0.6) is 5.75 Å². The van der Waals surface area contributed by atoms with Crippen LogP contribution in [0.3, 0.4) is 0 Å². The van der Waals surface area contributed by atoms with Gasteiger partial charge in [0.1, 0.15) is 18.5 Å². The fourth-order valence-corrected chi connectivity index (χ4v) is 4.00. The lowest BCUT2D eigenvalue weighted by Crippen LogP contribution is -2.43. The summed E-state index contributed by atoms with van der Waals surface area (Å²) < 4.78 is 5.84. The van der Waals surface area contributed by atoms with Crippen molar-refractivity contribution in [1.29, 1.82) is 0 Å². The molecule has 1 unspecified atom stereocenters. The number of amides is 1. The van der Waals surface area contributed by atoms with Crippen molar-refractivity contribution in [2.45, 2.75) is 33.0 Å². The zero-order chi connectivity index (χ0) is 19.5. The van der Waals surface area contributed by atoms with Gasteiger partial charge in [0.15, 0.2) is 0 Å². The summed E-state index contributed by atoms with van der Waals surface area (Å²) in [5, 5.41) is 6.57. The Labute approximate surface area is 169 Å². The summed E-state index contributed by atoms with van der Waals surface area (Å²) in [6, 6.07) is 15.6. The van der Waals surface area contributed by atoms with E-state index < -0.39 is 0 Å². The SMILES string of the molecule is CCCN1C(=O)c2ccccc2NC1c1ccc(OCc2csc(C)n2)cc1. The molecule has 5 nitrogen and oxygen atoms in total. The average Bonchev–Trinajstić information content (AvgIpc) is 3.14. The van der Waals surface area contributed by atoms with E-state index in [1.165, 1.54) is 0 Å².